The van der Waals surface area contributed by atoms with Crippen LogP contribution in [0.5, 0.6) is 0 Å². The van der Waals surface area contributed by atoms with E-state index in [4.69, 9.17) is 25.8 Å². The zero-order valence-electron chi connectivity index (χ0n) is 28.7. The number of rotatable bonds is 16. The molecule has 0 aromatic heterocycles. The summed E-state index contributed by atoms with van der Waals surface area (Å²) < 4.78 is 40.4. The molecule has 0 heterocycles. The van der Waals surface area contributed by atoms with Crippen LogP contribution in [0.4, 0.5) is 22.7 Å². The van der Waals surface area contributed by atoms with E-state index < -0.39 is 29.2 Å². The van der Waals surface area contributed by atoms with Crippen molar-refractivity contribution in [3.8, 4) is 11.1 Å². The first-order valence-electron chi connectivity index (χ1n) is 15.8. The molecule has 0 bridgehead atoms. The number of para-hydroxylation sites is 1. The van der Waals surface area contributed by atoms with Crippen molar-refractivity contribution in [1.82, 2.24) is 0 Å². The molecule has 0 aliphatic heterocycles. The molecule has 52 heavy (non-hydrogen) atoms. The van der Waals surface area contributed by atoms with Crippen molar-refractivity contribution in [2.24, 2.45) is 10.2 Å². The first kappa shape index (κ1) is 39.2. The third kappa shape index (κ3) is 11.5. The van der Waals surface area contributed by atoms with Crippen molar-refractivity contribution in [2.75, 3.05) is 49.7 Å². The van der Waals surface area contributed by atoms with Crippen molar-refractivity contribution < 1.29 is 37.4 Å². The van der Waals surface area contributed by atoms with E-state index in [9.17, 15) is 23.1 Å². The Balaban J connectivity index is 1.35. The molecule has 0 amide bonds. The summed E-state index contributed by atoms with van der Waals surface area (Å²) in [6.07, 6.45) is 3.04. The summed E-state index contributed by atoms with van der Waals surface area (Å²) in [6, 6.07) is 26.1. The Bertz CT molecular complexity index is 1970. The van der Waals surface area contributed by atoms with Gasteiger partial charge in [-0.05, 0) is 78.7 Å². The number of benzene rings is 4. The van der Waals surface area contributed by atoms with Gasteiger partial charge in [0.15, 0.2) is 0 Å². The van der Waals surface area contributed by atoms with Gasteiger partial charge in [-0.1, -0.05) is 54.6 Å². The summed E-state index contributed by atoms with van der Waals surface area (Å²) in [5, 5.41) is 9.24. The lowest BCUT2D eigenvalue weighted by atomic mass is 9.99. The highest BCUT2D eigenvalue weighted by molar-refractivity contribution is 7.80. The molecule has 12 nitrogen and oxygen atoms in total. The number of carbonyl (C=O) groups excluding carboxylic acids is 3. The maximum atomic E-state index is 13.0. The first-order valence-corrected chi connectivity index (χ1v) is 17.2. The monoisotopic (exact) mass is 743 g/mol. The number of azo groups is 1. The molecule has 0 radical (unpaired) electrons. The molecular weight excluding hydrogens is 708 g/mol. The van der Waals surface area contributed by atoms with Crippen molar-refractivity contribution in [3.63, 3.8) is 0 Å². The Morgan fingerprint density at radius 3 is 2.08 bits per heavy atom. The van der Waals surface area contributed by atoms with Crippen molar-refractivity contribution >= 4 is 69.6 Å². The highest BCUT2D eigenvalue weighted by Gasteiger charge is 2.21. The maximum Gasteiger partial charge on any atom is 0.340 e. The molecule has 0 N–H and O–H groups in total. The molecule has 4 aromatic rings. The number of hydrogen-bond donors (Lipinski definition) is 0. The van der Waals surface area contributed by atoms with Crippen LogP contribution in [0.1, 0.15) is 22.8 Å². The molecule has 0 aliphatic carbocycles. The Kier molecular flexibility index (Phi) is 14.4. The standard InChI is InChI=1S/C38H37ClN4O8S/c1-26(2)37(45)50-24-25-51-38(46)34-7-5-6-33(36(34)43(4)52(47)48)28-11-15-30(16-12-28)40-41-31-17-19-32(20-18-31)42(3)22-23-49-35(44)21-10-27-8-13-29(39)14-9-27/h5-21H,1,22-25H2,2-4H3,(H,47,48)/p-1. The molecule has 0 aliphatic rings. The minimum absolute atomic E-state index is 0.0108. The molecular formula is C38H36ClN4O8S-. The molecule has 0 saturated carbocycles. The number of esters is 3. The van der Waals surface area contributed by atoms with E-state index in [2.05, 4.69) is 16.8 Å². The van der Waals surface area contributed by atoms with Gasteiger partial charge in [0.25, 0.3) is 0 Å². The van der Waals surface area contributed by atoms with E-state index in [-0.39, 0.29) is 36.6 Å². The van der Waals surface area contributed by atoms with E-state index in [0.29, 0.717) is 34.1 Å². The number of carbonyl (C=O) groups is 3. The van der Waals surface area contributed by atoms with Crippen molar-refractivity contribution in [1.29, 1.82) is 0 Å². The number of ether oxygens (including phenoxy) is 3. The van der Waals surface area contributed by atoms with Crippen LogP contribution in [0.3, 0.4) is 0 Å². The highest BCUT2D eigenvalue weighted by atomic mass is 35.5. The minimum Gasteiger partial charge on any atom is -0.755 e. The maximum absolute atomic E-state index is 13.0. The molecule has 0 spiro atoms. The second kappa shape index (κ2) is 19.1. The largest absolute Gasteiger partial charge is 0.755 e. The van der Waals surface area contributed by atoms with E-state index in [1.807, 2.05) is 36.2 Å². The predicted molar refractivity (Wildman–Crippen MR) is 201 cm³/mol. The molecule has 270 valence electrons. The summed E-state index contributed by atoms with van der Waals surface area (Å²) in [7, 11) is 3.20. The van der Waals surface area contributed by atoms with Gasteiger partial charge in [-0.25, -0.2) is 14.4 Å². The smallest absolute Gasteiger partial charge is 0.340 e. The quantitative estimate of drug-likeness (QED) is 0.0282. The number of halogens is 1. The molecule has 1 atom stereocenters. The Morgan fingerprint density at radius 2 is 1.46 bits per heavy atom. The summed E-state index contributed by atoms with van der Waals surface area (Å²) in [5.41, 5.74) is 4.30. The van der Waals surface area contributed by atoms with Gasteiger partial charge in [0, 0.05) is 53.3 Å². The van der Waals surface area contributed by atoms with Crippen LogP contribution >= 0.6 is 11.6 Å². The van der Waals surface area contributed by atoms with Gasteiger partial charge in [0.2, 0.25) is 0 Å². The number of anilines is 2. The lowest BCUT2D eigenvalue weighted by Gasteiger charge is -2.26. The number of hydrogen-bond acceptors (Lipinski definition) is 11. The van der Waals surface area contributed by atoms with Crippen molar-refractivity contribution in [2.45, 2.75) is 6.92 Å². The topological polar surface area (TPSA) is 150 Å². The normalized spacial score (nSPS) is 11.6. The van der Waals surface area contributed by atoms with Gasteiger partial charge in [0.05, 0.1) is 29.2 Å². The van der Waals surface area contributed by atoms with E-state index in [1.54, 1.807) is 66.7 Å². The molecule has 0 fully saturated rings. The lowest BCUT2D eigenvalue weighted by molar-refractivity contribution is -0.140. The fourth-order valence-corrected chi connectivity index (χ4v) is 5.09. The molecule has 4 rings (SSSR count). The summed E-state index contributed by atoms with van der Waals surface area (Å²) in [5.74, 6) is -1.84. The summed E-state index contributed by atoms with van der Waals surface area (Å²) in [6.45, 7) is 5.25. The van der Waals surface area contributed by atoms with Crippen LogP contribution in [-0.2, 0) is 35.1 Å². The second-order valence-corrected chi connectivity index (χ2v) is 12.6. The summed E-state index contributed by atoms with van der Waals surface area (Å²) in [4.78, 5) is 38.6. The van der Waals surface area contributed by atoms with Crippen LogP contribution in [0.15, 0.2) is 119 Å². The SMILES string of the molecule is C=C(C)C(=O)OCCOC(=O)c1cccc(-c2ccc(N=Nc3ccc(N(C)CCOC(=O)C=Cc4ccc(Cl)cc4)cc3)cc2)c1N(C)S(=O)[O-]. The van der Waals surface area contributed by atoms with E-state index >= 15 is 0 Å². The minimum atomic E-state index is -2.70. The fraction of sp³-hybridized carbons (Fsp3) is 0.184. The van der Waals surface area contributed by atoms with E-state index in [1.165, 1.54) is 26.1 Å². The van der Waals surface area contributed by atoms with Gasteiger partial charge >= 0.3 is 17.9 Å². The van der Waals surface area contributed by atoms with E-state index in [0.717, 1.165) is 15.6 Å². The zero-order chi connectivity index (χ0) is 37.6. The van der Waals surface area contributed by atoms with Gasteiger partial charge in [-0.2, -0.15) is 10.2 Å². The van der Waals surface area contributed by atoms with Gasteiger partial charge in [-0.3, -0.25) is 4.21 Å². The van der Waals surface area contributed by atoms with Gasteiger partial charge < -0.3 is 28.0 Å². The molecule has 0 saturated heterocycles. The highest BCUT2D eigenvalue weighted by Crippen LogP contribution is 2.36. The average molecular weight is 744 g/mol. The van der Waals surface area contributed by atoms with Crippen LogP contribution in [0.25, 0.3) is 17.2 Å². The molecule has 1 unspecified atom stereocenters. The molecule has 4 aromatic carbocycles. The number of likely N-dealkylation sites (N-methyl/N-ethyl adjacent to an activating group) is 1. The van der Waals surface area contributed by atoms with Gasteiger partial charge in [0.1, 0.15) is 19.8 Å². The van der Waals surface area contributed by atoms with Crippen LogP contribution in [-0.4, -0.2) is 67.1 Å². The van der Waals surface area contributed by atoms with Crippen LogP contribution in [0.2, 0.25) is 5.02 Å². The van der Waals surface area contributed by atoms with Crippen LogP contribution < -0.4 is 9.21 Å². The average Bonchev–Trinajstić information content (AvgIpc) is 3.14. The number of nitrogens with zero attached hydrogens (tertiary/aromatic N) is 4. The predicted octanol–water partition coefficient (Wildman–Crippen LogP) is 7.62. The first-order chi connectivity index (χ1) is 24.9. The molecule has 14 heteroatoms. The Hall–Kier alpha value is -5.63. The Morgan fingerprint density at radius 1 is 0.846 bits per heavy atom. The fourth-order valence-electron chi connectivity index (χ4n) is 4.62. The van der Waals surface area contributed by atoms with Gasteiger partial charge in [-0.15, -0.1) is 0 Å². The summed E-state index contributed by atoms with van der Waals surface area (Å²) >= 11 is 3.18. The zero-order valence-corrected chi connectivity index (χ0v) is 30.3. The van der Waals surface area contributed by atoms with Crippen molar-refractivity contribution in [3.05, 3.63) is 125 Å². The second-order valence-electron chi connectivity index (χ2n) is 11.2. The lowest BCUT2D eigenvalue weighted by Crippen LogP contribution is -2.24. The third-order valence-corrected chi connectivity index (χ3v) is 8.28. The van der Waals surface area contributed by atoms with Crippen LogP contribution in [0, 0.1) is 0 Å². The Labute approximate surface area is 309 Å². The third-order valence-electron chi connectivity index (χ3n) is 7.40.